The minimum Gasteiger partial charge on any atom is -0.311 e. The molecule has 0 unspecified atom stereocenters. The van der Waals surface area contributed by atoms with Crippen LogP contribution in [0.2, 0.25) is 0 Å². The molecule has 4 aliphatic rings. The highest BCUT2D eigenvalue weighted by atomic mass is 32.2. The molecule has 106 heavy (non-hydrogen) atoms. The molecule has 4 aliphatic heterocycles. The number of rotatable bonds is 12. The fourth-order valence-electron chi connectivity index (χ4n) is 16.7. The number of hydrogen-bond acceptors (Lipinski definition) is 6. The molecule has 0 amide bonds. The van der Waals surface area contributed by atoms with E-state index in [1.807, 2.05) is 23.5 Å². The SMILES string of the molecule is CC(C)(C)c1ccc(-c2cccc(-c3ccc(C(C)(C)C)cc3)c2N2c3cc4c(cc3B3c5ccccc5Sc5cc(N(c6ccccc6)c6ccccc6)cc2c53)B2c3ccccc3N(c3ccccc3)c3cc(N(c5ccc(-c6ccccc6)cc5)c5ccc(-c6ccccc6)cc5)cc(c32)S4)cc1. The highest BCUT2D eigenvalue weighted by Crippen LogP contribution is 2.54. The highest BCUT2D eigenvalue weighted by Gasteiger charge is 2.47. The van der Waals surface area contributed by atoms with Crippen LogP contribution in [0.4, 0.5) is 68.2 Å². The van der Waals surface area contributed by atoms with Crippen molar-refractivity contribution in [1.82, 2.24) is 0 Å². The third-order valence-electron chi connectivity index (χ3n) is 21.9. The van der Waals surface area contributed by atoms with Gasteiger partial charge in [0.2, 0.25) is 13.4 Å². The Morgan fingerprint density at radius 3 is 1.15 bits per heavy atom. The third-order valence-corrected chi connectivity index (χ3v) is 24.1. The standard InChI is InChI=1S/C98H76B2N4S2/c1-97(2,3)71-51-43-69(44-52-71)80-37-26-38-81(70-45-53-72(54-46-70)98(4,5)6)96(80)104-87-64-91-85(63-84(87)100-83-40-23-25-42-90(83)105-92-61-79(60-89(104)95(92)100)101(73-31-16-9-17-32-73)74-33-18-10-19-34-74)99-82-39-22-24-41-86(82)103(75-35-20-11-21-36-75)88-59-78(62-93(106-91)94(88)99)102(76-55-47-67(48-56-76)65-27-12-7-13-28-65)77-57-49-68(50-58-77)66-29-14-8-15-30-66/h7-64H,1-6H3. The van der Waals surface area contributed by atoms with Crippen molar-refractivity contribution in [2.75, 3.05) is 19.6 Å². The molecule has 4 nitrogen and oxygen atoms in total. The summed E-state index contributed by atoms with van der Waals surface area (Å²) in [6.07, 6.45) is 0. The summed E-state index contributed by atoms with van der Waals surface area (Å²) >= 11 is 3.83. The minimum atomic E-state index is -0.124. The molecule has 0 radical (unpaired) electrons. The molecule has 0 bridgehead atoms. The zero-order valence-corrected chi connectivity index (χ0v) is 61.9. The summed E-state index contributed by atoms with van der Waals surface area (Å²) in [5, 5.41) is 0. The molecular formula is C98H76B2N4S2. The molecule has 0 aliphatic carbocycles. The van der Waals surface area contributed by atoms with Gasteiger partial charge in [-0.2, -0.15) is 0 Å². The number of nitrogens with zero attached hydrogens (tertiary/aromatic N) is 4. The largest absolute Gasteiger partial charge is 0.311 e. The van der Waals surface area contributed by atoms with Crippen LogP contribution in [0.5, 0.6) is 0 Å². The Labute approximate surface area is 632 Å². The van der Waals surface area contributed by atoms with Crippen LogP contribution in [-0.2, 0) is 10.8 Å². The van der Waals surface area contributed by atoms with Crippen molar-refractivity contribution in [1.29, 1.82) is 0 Å². The van der Waals surface area contributed by atoms with Crippen molar-refractivity contribution in [2.45, 2.75) is 72.0 Å². The third kappa shape index (κ3) is 11.4. The Morgan fingerprint density at radius 2 is 0.651 bits per heavy atom. The maximum absolute atomic E-state index is 2.72. The molecule has 0 saturated heterocycles. The lowest BCUT2D eigenvalue weighted by Gasteiger charge is -2.44. The van der Waals surface area contributed by atoms with Crippen LogP contribution in [0.15, 0.2) is 371 Å². The van der Waals surface area contributed by atoms with E-state index in [9.17, 15) is 0 Å². The molecule has 0 spiro atoms. The second kappa shape index (κ2) is 26.2. The fraction of sp³-hybridized carbons (Fsp3) is 0.0816. The van der Waals surface area contributed by atoms with E-state index >= 15 is 0 Å². The average molecular weight is 1400 g/mol. The molecule has 0 atom stereocenters. The summed E-state index contributed by atoms with van der Waals surface area (Å²) in [5.74, 6) is 0. The Kier molecular flexibility index (Phi) is 16.1. The predicted molar refractivity (Wildman–Crippen MR) is 455 cm³/mol. The molecule has 15 aromatic carbocycles. The summed E-state index contributed by atoms with van der Waals surface area (Å²) < 4.78 is 0. The smallest absolute Gasteiger partial charge is 0.249 e. The first kappa shape index (κ1) is 65.1. The van der Waals surface area contributed by atoms with Gasteiger partial charge >= 0.3 is 0 Å². The average Bonchev–Trinajstić information content (AvgIpc) is 0.694. The highest BCUT2D eigenvalue weighted by molar-refractivity contribution is 8.00. The summed E-state index contributed by atoms with van der Waals surface area (Å²) in [5.41, 5.74) is 33.1. The molecular weight excluding hydrogens is 1320 g/mol. The van der Waals surface area contributed by atoms with Crippen molar-refractivity contribution < 1.29 is 0 Å². The summed E-state index contributed by atoms with van der Waals surface area (Å²) in [6, 6.07) is 132. The first-order valence-electron chi connectivity index (χ1n) is 36.9. The van der Waals surface area contributed by atoms with Crippen LogP contribution in [-0.4, -0.2) is 13.4 Å². The van der Waals surface area contributed by atoms with Crippen LogP contribution in [0.3, 0.4) is 0 Å². The van der Waals surface area contributed by atoms with Crippen molar-refractivity contribution in [2.24, 2.45) is 0 Å². The van der Waals surface area contributed by atoms with Gasteiger partial charge < -0.3 is 19.6 Å². The number of anilines is 12. The Hall–Kier alpha value is -11.7. The Morgan fingerprint density at radius 1 is 0.255 bits per heavy atom. The van der Waals surface area contributed by atoms with Gasteiger partial charge in [-0.25, -0.2) is 0 Å². The van der Waals surface area contributed by atoms with E-state index in [4.69, 9.17) is 0 Å². The van der Waals surface area contributed by atoms with Crippen molar-refractivity contribution in [3.8, 4) is 44.5 Å². The Balaban J connectivity index is 0.895. The van der Waals surface area contributed by atoms with Crippen molar-refractivity contribution >= 4 is 138 Å². The lowest BCUT2D eigenvalue weighted by molar-refractivity contribution is 0.590. The van der Waals surface area contributed by atoms with E-state index in [1.54, 1.807) is 0 Å². The van der Waals surface area contributed by atoms with Gasteiger partial charge in [-0.15, -0.1) is 0 Å². The van der Waals surface area contributed by atoms with Crippen molar-refractivity contribution in [3.63, 3.8) is 0 Å². The summed E-state index contributed by atoms with van der Waals surface area (Å²) in [4.78, 5) is 15.2. The van der Waals surface area contributed by atoms with Gasteiger partial charge in [0.1, 0.15) is 0 Å². The maximum atomic E-state index is 2.72. The number of para-hydroxylation sites is 5. The van der Waals surface area contributed by atoms with Gasteiger partial charge in [0.15, 0.2) is 0 Å². The summed E-state index contributed by atoms with van der Waals surface area (Å²) in [7, 11) is 0. The molecule has 0 saturated carbocycles. The fourth-order valence-corrected chi connectivity index (χ4v) is 19.1. The second-order valence-electron chi connectivity index (χ2n) is 30.4. The first-order valence-corrected chi connectivity index (χ1v) is 38.6. The van der Waals surface area contributed by atoms with E-state index in [0.717, 1.165) is 73.4 Å². The molecule has 15 aromatic rings. The molecule has 0 N–H and O–H groups in total. The van der Waals surface area contributed by atoms with Crippen LogP contribution < -0.4 is 52.4 Å². The lowest BCUT2D eigenvalue weighted by atomic mass is 9.31. The van der Waals surface area contributed by atoms with Crippen molar-refractivity contribution in [3.05, 3.63) is 363 Å². The normalized spacial score (nSPS) is 13.0. The van der Waals surface area contributed by atoms with Gasteiger partial charge in [0.25, 0.3) is 0 Å². The molecule has 8 heteroatoms. The predicted octanol–water partition coefficient (Wildman–Crippen LogP) is 23.4. The van der Waals surface area contributed by atoms with Gasteiger partial charge in [-0.1, -0.05) is 325 Å². The van der Waals surface area contributed by atoms with Crippen LogP contribution in [0.25, 0.3) is 44.5 Å². The molecule has 506 valence electrons. The van der Waals surface area contributed by atoms with Gasteiger partial charge in [-0.05, 0) is 180 Å². The zero-order valence-electron chi connectivity index (χ0n) is 60.2. The van der Waals surface area contributed by atoms with Gasteiger partial charge in [-0.3, -0.25) is 0 Å². The first-order chi connectivity index (χ1) is 51.8. The minimum absolute atomic E-state index is 0.0359. The monoisotopic (exact) mass is 1390 g/mol. The molecule has 19 rings (SSSR count). The zero-order chi connectivity index (χ0) is 71.4. The number of fused-ring (bicyclic) bond motifs is 8. The van der Waals surface area contributed by atoms with Crippen LogP contribution >= 0.6 is 23.5 Å². The van der Waals surface area contributed by atoms with Gasteiger partial charge in [0.05, 0.1) is 5.69 Å². The van der Waals surface area contributed by atoms with E-state index < -0.39 is 0 Å². The lowest BCUT2D eigenvalue weighted by Crippen LogP contribution is -2.64. The Bertz CT molecular complexity index is 5650. The molecule has 4 heterocycles. The second-order valence-corrected chi connectivity index (χ2v) is 32.6. The number of hydrogen-bond donors (Lipinski definition) is 0. The van der Waals surface area contributed by atoms with Gasteiger partial charge in [0, 0.05) is 93.3 Å². The molecule has 0 fully saturated rings. The summed E-state index contributed by atoms with van der Waals surface area (Å²) in [6.45, 7) is 13.6. The van der Waals surface area contributed by atoms with Crippen LogP contribution in [0.1, 0.15) is 52.7 Å². The van der Waals surface area contributed by atoms with E-state index in [2.05, 4.69) is 413 Å². The number of benzene rings is 15. The topological polar surface area (TPSA) is 13.0 Å². The van der Waals surface area contributed by atoms with E-state index in [1.165, 1.54) is 103 Å². The maximum Gasteiger partial charge on any atom is 0.249 e. The molecule has 0 aromatic heterocycles. The van der Waals surface area contributed by atoms with E-state index in [-0.39, 0.29) is 24.3 Å². The van der Waals surface area contributed by atoms with Crippen LogP contribution in [0, 0.1) is 0 Å². The van der Waals surface area contributed by atoms with E-state index in [0.29, 0.717) is 0 Å². The quantitative estimate of drug-likeness (QED) is 0.112.